The van der Waals surface area contributed by atoms with Crippen molar-refractivity contribution in [2.45, 2.75) is 24.9 Å². The zero-order valence-corrected chi connectivity index (χ0v) is 12.4. The number of nitrogens with one attached hydrogen (secondary N) is 1. The Kier molecular flexibility index (Phi) is 3.61. The number of benzene rings is 1. The lowest BCUT2D eigenvalue weighted by molar-refractivity contribution is -0.137. The molecule has 21 heavy (non-hydrogen) atoms. The topological polar surface area (TPSA) is 37.8 Å². The quantitative estimate of drug-likeness (QED) is 0.795. The van der Waals surface area contributed by atoms with Crippen molar-refractivity contribution in [3.63, 3.8) is 0 Å². The van der Waals surface area contributed by atoms with Crippen LogP contribution in [0.25, 0.3) is 0 Å². The molecular formula is C14H11BrF3N3. The number of aromatic nitrogens is 2. The molecule has 7 heteroatoms. The predicted molar refractivity (Wildman–Crippen MR) is 76.4 cm³/mol. The highest BCUT2D eigenvalue weighted by Crippen LogP contribution is 2.39. The standard InChI is InChI=1S/C14H11BrF3N3/c15-11-7-12(21-13(20-11)8-1-2-8)19-10-5-3-9(4-6-10)14(16,17)18/h3-8H,1-2H2,(H,19,20,21). The van der Waals surface area contributed by atoms with Crippen LogP contribution in [0.2, 0.25) is 0 Å². The molecule has 110 valence electrons. The lowest BCUT2D eigenvalue weighted by Crippen LogP contribution is -2.05. The summed E-state index contributed by atoms with van der Waals surface area (Å²) < 4.78 is 38.2. The van der Waals surface area contributed by atoms with Gasteiger partial charge in [0.2, 0.25) is 0 Å². The summed E-state index contributed by atoms with van der Waals surface area (Å²) in [5.74, 6) is 1.73. The average Bonchev–Trinajstić information content (AvgIpc) is 3.21. The van der Waals surface area contributed by atoms with Gasteiger partial charge in [0.25, 0.3) is 0 Å². The van der Waals surface area contributed by atoms with Gasteiger partial charge in [-0.1, -0.05) is 0 Å². The molecule has 1 aliphatic carbocycles. The third kappa shape index (κ3) is 3.53. The molecule has 1 N–H and O–H groups in total. The number of anilines is 2. The Labute approximate surface area is 127 Å². The molecule has 0 bridgehead atoms. The van der Waals surface area contributed by atoms with Crippen LogP contribution in [0.4, 0.5) is 24.7 Å². The van der Waals surface area contributed by atoms with Crippen LogP contribution in [0.3, 0.4) is 0 Å². The van der Waals surface area contributed by atoms with E-state index >= 15 is 0 Å². The van der Waals surface area contributed by atoms with E-state index in [0.29, 0.717) is 22.0 Å². The lowest BCUT2D eigenvalue weighted by Gasteiger charge is -2.10. The van der Waals surface area contributed by atoms with E-state index in [1.165, 1.54) is 12.1 Å². The smallest absolute Gasteiger partial charge is 0.340 e. The van der Waals surface area contributed by atoms with Gasteiger partial charge in [0.15, 0.2) is 0 Å². The normalized spacial score (nSPS) is 15.0. The van der Waals surface area contributed by atoms with Crippen LogP contribution in [0.15, 0.2) is 34.9 Å². The second-order valence-electron chi connectivity index (χ2n) is 4.91. The van der Waals surface area contributed by atoms with Gasteiger partial charge in [-0.2, -0.15) is 13.2 Å². The van der Waals surface area contributed by atoms with Crippen LogP contribution in [0.5, 0.6) is 0 Å². The average molecular weight is 358 g/mol. The molecule has 0 atom stereocenters. The van der Waals surface area contributed by atoms with Crippen molar-refractivity contribution in [2.75, 3.05) is 5.32 Å². The van der Waals surface area contributed by atoms with Crippen LogP contribution in [-0.4, -0.2) is 9.97 Å². The summed E-state index contributed by atoms with van der Waals surface area (Å²) in [5.41, 5.74) is -0.120. The minimum Gasteiger partial charge on any atom is -0.340 e. The maximum Gasteiger partial charge on any atom is 0.416 e. The highest BCUT2D eigenvalue weighted by molar-refractivity contribution is 9.10. The minimum absolute atomic E-state index is 0.399. The van der Waals surface area contributed by atoms with Gasteiger partial charge >= 0.3 is 6.18 Å². The van der Waals surface area contributed by atoms with E-state index in [0.717, 1.165) is 30.8 Å². The van der Waals surface area contributed by atoms with E-state index < -0.39 is 11.7 Å². The van der Waals surface area contributed by atoms with Crippen molar-refractivity contribution in [1.82, 2.24) is 9.97 Å². The molecule has 1 fully saturated rings. The van der Waals surface area contributed by atoms with Gasteiger partial charge in [0.05, 0.1) is 5.56 Å². The summed E-state index contributed by atoms with van der Waals surface area (Å²) in [6.07, 6.45) is -2.16. The maximum atomic E-state index is 12.5. The molecule has 1 aliphatic rings. The zero-order valence-electron chi connectivity index (χ0n) is 10.8. The molecule has 1 heterocycles. The minimum atomic E-state index is -4.32. The highest BCUT2D eigenvalue weighted by atomic mass is 79.9. The third-order valence-corrected chi connectivity index (χ3v) is 3.55. The van der Waals surface area contributed by atoms with E-state index in [2.05, 4.69) is 31.2 Å². The van der Waals surface area contributed by atoms with E-state index in [1.54, 1.807) is 6.07 Å². The van der Waals surface area contributed by atoms with E-state index in [9.17, 15) is 13.2 Å². The molecule has 1 aromatic heterocycles. The highest BCUT2D eigenvalue weighted by Gasteiger charge is 2.30. The first-order valence-electron chi connectivity index (χ1n) is 6.40. The number of hydrogen-bond acceptors (Lipinski definition) is 3. The van der Waals surface area contributed by atoms with E-state index in [4.69, 9.17) is 0 Å². The molecule has 1 saturated carbocycles. The number of alkyl halides is 3. The molecule has 0 spiro atoms. The van der Waals surface area contributed by atoms with Crippen molar-refractivity contribution in [2.24, 2.45) is 0 Å². The number of rotatable bonds is 3. The second kappa shape index (κ2) is 5.29. The molecule has 0 unspecified atom stereocenters. The summed E-state index contributed by atoms with van der Waals surface area (Å²) in [5, 5.41) is 3.00. The first kappa shape index (κ1) is 14.3. The molecule has 2 aromatic rings. The summed E-state index contributed by atoms with van der Waals surface area (Å²) in [6.45, 7) is 0. The van der Waals surface area contributed by atoms with Crippen LogP contribution >= 0.6 is 15.9 Å². The molecule has 0 radical (unpaired) electrons. The van der Waals surface area contributed by atoms with E-state index in [1.807, 2.05) is 0 Å². The van der Waals surface area contributed by atoms with Crippen molar-refractivity contribution in [1.29, 1.82) is 0 Å². The van der Waals surface area contributed by atoms with Crippen molar-refractivity contribution < 1.29 is 13.2 Å². The Morgan fingerprint density at radius 3 is 2.33 bits per heavy atom. The van der Waals surface area contributed by atoms with Gasteiger partial charge < -0.3 is 5.32 Å². The largest absolute Gasteiger partial charge is 0.416 e. The van der Waals surface area contributed by atoms with Crippen molar-refractivity contribution >= 4 is 27.4 Å². The Hall–Kier alpha value is -1.63. The summed E-state index contributed by atoms with van der Waals surface area (Å²) in [6, 6.07) is 6.55. The molecule has 0 amide bonds. The number of halogens is 4. The monoisotopic (exact) mass is 357 g/mol. The summed E-state index contributed by atoms with van der Waals surface area (Å²) in [4.78, 5) is 8.69. The fourth-order valence-corrected chi connectivity index (χ4v) is 2.31. The van der Waals surface area contributed by atoms with Crippen molar-refractivity contribution in [3.05, 3.63) is 46.3 Å². The fraction of sp³-hybridized carbons (Fsp3) is 0.286. The Morgan fingerprint density at radius 1 is 1.10 bits per heavy atom. The first-order chi connectivity index (χ1) is 9.91. The third-order valence-electron chi connectivity index (χ3n) is 3.14. The van der Waals surface area contributed by atoms with Gasteiger partial charge in [-0.15, -0.1) is 0 Å². The maximum absolute atomic E-state index is 12.5. The van der Waals surface area contributed by atoms with Gasteiger partial charge in [0.1, 0.15) is 16.2 Å². The first-order valence-corrected chi connectivity index (χ1v) is 7.20. The second-order valence-corrected chi connectivity index (χ2v) is 5.72. The molecule has 0 saturated heterocycles. The summed E-state index contributed by atoms with van der Waals surface area (Å²) in [7, 11) is 0. The fourth-order valence-electron chi connectivity index (χ4n) is 1.91. The summed E-state index contributed by atoms with van der Waals surface area (Å²) >= 11 is 3.32. The molecular weight excluding hydrogens is 347 g/mol. The Bertz CT molecular complexity index is 652. The Morgan fingerprint density at radius 2 is 1.76 bits per heavy atom. The van der Waals surface area contributed by atoms with Crippen LogP contribution < -0.4 is 5.32 Å². The molecule has 3 rings (SSSR count). The number of hydrogen-bond donors (Lipinski definition) is 1. The number of nitrogens with zero attached hydrogens (tertiary/aromatic N) is 2. The van der Waals surface area contributed by atoms with Gasteiger partial charge in [-0.3, -0.25) is 0 Å². The van der Waals surface area contributed by atoms with Gasteiger partial charge in [-0.05, 0) is 53.0 Å². The molecule has 1 aromatic carbocycles. The molecule has 3 nitrogen and oxygen atoms in total. The van der Waals surface area contributed by atoms with Crippen LogP contribution in [0, 0.1) is 0 Å². The van der Waals surface area contributed by atoms with Crippen molar-refractivity contribution in [3.8, 4) is 0 Å². The van der Waals surface area contributed by atoms with Crippen LogP contribution in [-0.2, 0) is 6.18 Å². The Balaban J connectivity index is 1.80. The van der Waals surface area contributed by atoms with Gasteiger partial charge in [0, 0.05) is 17.7 Å². The lowest BCUT2D eigenvalue weighted by atomic mass is 10.2. The predicted octanol–water partition coefficient (Wildman–Crippen LogP) is 4.88. The zero-order chi connectivity index (χ0) is 15.0. The van der Waals surface area contributed by atoms with Gasteiger partial charge in [-0.25, -0.2) is 9.97 Å². The molecule has 0 aliphatic heterocycles. The van der Waals surface area contributed by atoms with Crippen LogP contribution in [0.1, 0.15) is 30.1 Å². The SMILES string of the molecule is FC(F)(F)c1ccc(Nc2cc(Br)nc(C3CC3)n2)cc1. The van der Waals surface area contributed by atoms with E-state index in [-0.39, 0.29) is 0 Å².